The van der Waals surface area contributed by atoms with E-state index in [0.717, 1.165) is 35.4 Å². The number of fused-ring (bicyclic) bond motifs is 1. The molecule has 1 saturated heterocycles. The van der Waals surface area contributed by atoms with Crippen molar-refractivity contribution >= 4 is 27.4 Å². The maximum absolute atomic E-state index is 10.6. The van der Waals surface area contributed by atoms with Gasteiger partial charge in [-0.1, -0.05) is 27.7 Å². The van der Waals surface area contributed by atoms with Gasteiger partial charge in [0.1, 0.15) is 17.0 Å². The van der Waals surface area contributed by atoms with Crippen LogP contribution in [0.1, 0.15) is 39.0 Å². The summed E-state index contributed by atoms with van der Waals surface area (Å²) in [5.74, 6) is 1.32. The lowest BCUT2D eigenvalue weighted by atomic mass is 9.73. The lowest BCUT2D eigenvalue weighted by molar-refractivity contribution is 0.0292. The van der Waals surface area contributed by atoms with Gasteiger partial charge in [0.05, 0.1) is 11.5 Å². The Labute approximate surface area is 136 Å². The summed E-state index contributed by atoms with van der Waals surface area (Å²) in [5.41, 5.74) is 0.143. The Morgan fingerprint density at radius 1 is 1.36 bits per heavy atom. The number of aliphatic hydroxyl groups excluding tert-OH is 1. The number of hydrogen-bond donors (Lipinski definition) is 1. The first-order valence-electron chi connectivity index (χ1n) is 8.06. The Hall–Kier alpha value is -1.20. The highest BCUT2D eigenvalue weighted by Gasteiger charge is 2.36. The van der Waals surface area contributed by atoms with Gasteiger partial charge in [0.15, 0.2) is 0 Å². The molecule has 2 aromatic heterocycles. The minimum Gasteiger partial charge on any atom is -0.391 e. The Morgan fingerprint density at radius 2 is 2.14 bits per heavy atom. The molecule has 0 spiro atoms. The maximum Gasteiger partial charge on any atom is 0.140 e. The van der Waals surface area contributed by atoms with Crippen molar-refractivity contribution in [1.29, 1.82) is 0 Å². The molecule has 4 nitrogen and oxygen atoms in total. The maximum atomic E-state index is 10.6. The fourth-order valence-electron chi connectivity index (χ4n) is 3.45. The van der Waals surface area contributed by atoms with Gasteiger partial charge in [-0.05, 0) is 30.2 Å². The van der Waals surface area contributed by atoms with Gasteiger partial charge >= 0.3 is 0 Å². The summed E-state index contributed by atoms with van der Waals surface area (Å²) in [5, 5.41) is 11.7. The van der Waals surface area contributed by atoms with Crippen LogP contribution in [-0.4, -0.2) is 34.3 Å². The van der Waals surface area contributed by atoms with Gasteiger partial charge < -0.3 is 10.0 Å². The van der Waals surface area contributed by atoms with E-state index in [9.17, 15) is 5.11 Å². The molecule has 1 aliphatic heterocycles. The summed E-state index contributed by atoms with van der Waals surface area (Å²) in [6.07, 6.45) is 3.37. The van der Waals surface area contributed by atoms with Crippen molar-refractivity contribution in [2.24, 2.45) is 11.3 Å². The Morgan fingerprint density at radius 3 is 2.77 bits per heavy atom. The van der Waals surface area contributed by atoms with Crippen molar-refractivity contribution in [3.05, 3.63) is 17.3 Å². The summed E-state index contributed by atoms with van der Waals surface area (Å²) in [6, 6.07) is 2.21. The molecule has 2 aromatic rings. The Balaban J connectivity index is 1.88. The van der Waals surface area contributed by atoms with Crippen LogP contribution in [0.3, 0.4) is 0 Å². The van der Waals surface area contributed by atoms with E-state index in [4.69, 9.17) is 0 Å². The highest BCUT2D eigenvalue weighted by Crippen LogP contribution is 2.37. The van der Waals surface area contributed by atoms with Gasteiger partial charge in [0.2, 0.25) is 0 Å². The molecular weight excluding hydrogens is 294 g/mol. The summed E-state index contributed by atoms with van der Waals surface area (Å²) in [7, 11) is 0. The molecule has 1 N–H and O–H groups in total. The molecule has 2 atom stereocenters. The van der Waals surface area contributed by atoms with E-state index in [1.807, 2.05) is 0 Å². The molecule has 1 aliphatic rings. The zero-order valence-electron chi connectivity index (χ0n) is 13.8. The van der Waals surface area contributed by atoms with Gasteiger partial charge in [-0.2, -0.15) is 0 Å². The van der Waals surface area contributed by atoms with Crippen molar-refractivity contribution in [1.82, 2.24) is 9.97 Å². The minimum atomic E-state index is -0.303. The van der Waals surface area contributed by atoms with Gasteiger partial charge in [0.25, 0.3) is 0 Å². The largest absolute Gasteiger partial charge is 0.391 e. The summed E-state index contributed by atoms with van der Waals surface area (Å²) in [6.45, 7) is 10.4. The van der Waals surface area contributed by atoms with Crippen LogP contribution in [-0.2, 0) is 6.42 Å². The van der Waals surface area contributed by atoms with Crippen LogP contribution in [0.5, 0.6) is 0 Å². The Bertz CT molecular complexity index is 661. The number of thiophene rings is 1. The van der Waals surface area contributed by atoms with E-state index in [1.54, 1.807) is 17.7 Å². The lowest BCUT2D eigenvalue weighted by Gasteiger charge is -2.42. The number of aliphatic hydroxyl groups is 1. The average Bonchev–Trinajstić information content (AvgIpc) is 2.88. The molecule has 0 aromatic carbocycles. The molecule has 5 heteroatoms. The third kappa shape index (κ3) is 2.84. The van der Waals surface area contributed by atoms with Crippen molar-refractivity contribution in [2.45, 2.75) is 46.6 Å². The van der Waals surface area contributed by atoms with Crippen LogP contribution in [0.15, 0.2) is 12.4 Å². The van der Waals surface area contributed by atoms with Crippen LogP contribution < -0.4 is 4.90 Å². The predicted molar refractivity (Wildman–Crippen MR) is 92.6 cm³/mol. The zero-order chi connectivity index (χ0) is 15.9. The first-order chi connectivity index (χ1) is 10.4. The molecule has 0 radical (unpaired) electrons. The number of piperidine rings is 1. The molecule has 3 rings (SSSR count). The fourth-order valence-corrected chi connectivity index (χ4v) is 4.38. The molecule has 0 saturated carbocycles. The van der Waals surface area contributed by atoms with Gasteiger partial charge in [0, 0.05) is 18.0 Å². The average molecular weight is 319 g/mol. The third-order valence-electron chi connectivity index (χ3n) is 4.70. The van der Waals surface area contributed by atoms with E-state index < -0.39 is 0 Å². The minimum absolute atomic E-state index is 0.143. The molecule has 0 aliphatic carbocycles. The van der Waals surface area contributed by atoms with Crippen molar-refractivity contribution in [3.63, 3.8) is 0 Å². The van der Waals surface area contributed by atoms with Gasteiger partial charge in [-0.25, -0.2) is 9.97 Å². The van der Waals surface area contributed by atoms with Crippen molar-refractivity contribution in [2.75, 3.05) is 18.0 Å². The number of rotatable bonds is 2. The van der Waals surface area contributed by atoms with Crippen LogP contribution in [0.25, 0.3) is 10.2 Å². The number of anilines is 1. The number of hydrogen-bond acceptors (Lipinski definition) is 5. The van der Waals surface area contributed by atoms with E-state index in [-0.39, 0.29) is 11.5 Å². The highest BCUT2D eigenvalue weighted by molar-refractivity contribution is 7.18. The normalized spacial score (nSPS) is 23.2. The lowest BCUT2D eigenvalue weighted by Crippen LogP contribution is -2.48. The standard InChI is InChI=1S/C17H25N3OS/c1-5-11-8-12-15(18-10-19-16(12)22-11)20-7-6-13(14(21)9-20)17(2,3)4/h8,10,13-14,21H,5-7,9H2,1-4H3/t13-,14+/m1/s1. The van der Waals surface area contributed by atoms with Crippen LogP contribution >= 0.6 is 11.3 Å². The first-order valence-corrected chi connectivity index (χ1v) is 8.88. The van der Waals surface area contributed by atoms with Crippen LogP contribution in [0, 0.1) is 11.3 Å². The Kier molecular flexibility index (Phi) is 4.12. The quantitative estimate of drug-likeness (QED) is 0.920. The molecule has 120 valence electrons. The predicted octanol–water partition coefficient (Wildman–Crippen LogP) is 3.49. The second-order valence-corrected chi connectivity index (χ2v) is 8.37. The van der Waals surface area contributed by atoms with Crippen molar-refractivity contribution in [3.8, 4) is 0 Å². The smallest absolute Gasteiger partial charge is 0.140 e. The van der Waals surface area contributed by atoms with E-state index in [2.05, 4.69) is 48.6 Å². The molecule has 22 heavy (non-hydrogen) atoms. The van der Waals surface area contributed by atoms with E-state index in [0.29, 0.717) is 12.5 Å². The second-order valence-electron chi connectivity index (χ2n) is 7.26. The van der Waals surface area contributed by atoms with Crippen LogP contribution in [0.2, 0.25) is 0 Å². The molecular formula is C17H25N3OS. The highest BCUT2D eigenvalue weighted by atomic mass is 32.1. The van der Waals surface area contributed by atoms with E-state index in [1.165, 1.54) is 4.88 Å². The first kappa shape index (κ1) is 15.7. The number of aromatic nitrogens is 2. The van der Waals surface area contributed by atoms with Gasteiger partial charge in [-0.15, -0.1) is 11.3 Å². The summed E-state index contributed by atoms with van der Waals surface area (Å²) in [4.78, 5) is 13.5. The third-order valence-corrected chi connectivity index (χ3v) is 5.89. The summed E-state index contributed by atoms with van der Waals surface area (Å²) < 4.78 is 0. The van der Waals surface area contributed by atoms with Gasteiger partial charge in [-0.3, -0.25) is 0 Å². The molecule has 1 fully saturated rings. The topological polar surface area (TPSA) is 49.2 Å². The second kappa shape index (κ2) is 5.78. The van der Waals surface area contributed by atoms with Crippen molar-refractivity contribution < 1.29 is 5.11 Å². The fraction of sp³-hybridized carbons (Fsp3) is 0.647. The summed E-state index contributed by atoms with van der Waals surface area (Å²) >= 11 is 1.74. The molecule has 0 amide bonds. The van der Waals surface area contributed by atoms with Crippen LogP contribution in [0.4, 0.5) is 5.82 Å². The molecule has 0 unspecified atom stereocenters. The SMILES string of the molecule is CCc1cc2c(N3CC[C@@H](C(C)(C)C)[C@@H](O)C3)ncnc2s1. The number of nitrogens with zero attached hydrogens (tertiary/aromatic N) is 3. The van der Waals surface area contributed by atoms with E-state index >= 15 is 0 Å². The zero-order valence-corrected chi connectivity index (χ0v) is 14.7. The number of β-amino-alcohol motifs (C(OH)–C–C–N with tert-alkyl or cyclic N) is 1. The number of aryl methyl sites for hydroxylation is 1. The molecule has 3 heterocycles. The molecule has 0 bridgehead atoms. The monoisotopic (exact) mass is 319 g/mol.